The van der Waals surface area contributed by atoms with Crippen LogP contribution in [0.4, 0.5) is 0 Å². The third-order valence-electron chi connectivity index (χ3n) is 4.27. The summed E-state index contributed by atoms with van der Waals surface area (Å²) in [7, 11) is 1.90. The number of amides is 1. The van der Waals surface area contributed by atoms with Gasteiger partial charge in [0.2, 0.25) is 0 Å². The highest BCUT2D eigenvalue weighted by atomic mass is 16.2. The second-order valence-corrected chi connectivity index (χ2v) is 5.67. The molecular weight excluding hydrogens is 252 g/mol. The van der Waals surface area contributed by atoms with Gasteiger partial charge >= 0.3 is 0 Å². The van der Waals surface area contributed by atoms with E-state index in [-0.39, 0.29) is 5.91 Å². The lowest BCUT2D eigenvalue weighted by Crippen LogP contribution is -2.35. The van der Waals surface area contributed by atoms with Gasteiger partial charge in [-0.3, -0.25) is 4.79 Å². The summed E-state index contributed by atoms with van der Waals surface area (Å²) in [5, 5.41) is 4.40. The van der Waals surface area contributed by atoms with Crippen molar-refractivity contribution in [2.24, 2.45) is 0 Å². The highest BCUT2D eigenvalue weighted by Crippen LogP contribution is 2.24. The number of carbonyl (C=O) groups is 1. The Hall–Kier alpha value is -1.91. The molecule has 5 heteroatoms. The summed E-state index contributed by atoms with van der Waals surface area (Å²) in [6.07, 6.45) is 6.34. The molecule has 0 N–H and O–H groups in total. The van der Waals surface area contributed by atoms with Crippen LogP contribution < -0.4 is 0 Å². The minimum absolute atomic E-state index is 0.0527. The molecule has 1 aliphatic carbocycles. The monoisotopic (exact) mass is 272 g/mol. The van der Waals surface area contributed by atoms with Crippen molar-refractivity contribution < 1.29 is 4.79 Å². The van der Waals surface area contributed by atoms with Crippen LogP contribution in [0, 0.1) is 13.8 Å². The van der Waals surface area contributed by atoms with Crippen LogP contribution in [0.15, 0.2) is 12.3 Å². The average Bonchev–Trinajstić information content (AvgIpc) is 3.06. The first-order valence-electron chi connectivity index (χ1n) is 7.17. The summed E-state index contributed by atoms with van der Waals surface area (Å²) in [5.74, 6) is 0.0527. The molecule has 1 aliphatic rings. The molecule has 0 aromatic carbocycles. The Balaban J connectivity index is 1.96. The molecule has 2 heterocycles. The summed E-state index contributed by atoms with van der Waals surface area (Å²) in [6, 6.07) is 2.29. The van der Waals surface area contributed by atoms with Crippen LogP contribution in [0.2, 0.25) is 0 Å². The second kappa shape index (κ2) is 4.89. The van der Waals surface area contributed by atoms with Crippen molar-refractivity contribution in [1.29, 1.82) is 0 Å². The molecule has 1 amide bonds. The topological polar surface area (TPSA) is 50.5 Å². The van der Waals surface area contributed by atoms with E-state index in [1.807, 2.05) is 31.9 Å². The molecule has 0 bridgehead atoms. The summed E-state index contributed by atoms with van der Waals surface area (Å²) in [6.45, 7) is 3.86. The summed E-state index contributed by atoms with van der Waals surface area (Å²) in [5.41, 5.74) is 3.21. The van der Waals surface area contributed by atoms with E-state index < -0.39 is 0 Å². The Morgan fingerprint density at radius 2 is 2.05 bits per heavy atom. The van der Waals surface area contributed by atoms with Crippen LogP contribution in [0.5, 0.6) is 0 Å². The Morgan fingerprint density at radius 3 is 2.75 bits per heavy atom. The van der Waals surface area contributed by atoms with Crippen LogP contribution in [-0.4, -0.2) is 38.5 Å². The Morgan fingerprint density at radius 1 is 1.35 bits per heavy atom. The smallest absolute Gasteiger partial charge is 0.257 e. The number of aromatic nitrogens is 3. The zero-order valence-electron chi connectivity index (χ0n) is 12.3. The number of carbonyl (C=O) groups excluding carboxylic acids is 1. The molecule has 0 atom stereocenters. The molecular formula is C15H20N4O. The summed E-state index contributed by atoms with van der Waals surface area (Å²) in [4.78, 5) is 18.9. The molecule has 3 rings (SSSR count). The van der Waals surface area contributed by atoms with Crippen LogP contribution in [0.25, 0.3) is 5.65 Å². The lowest BCUT2D eigenvalue weighted by Gasteiger charge is -2.24. The van der Waals surface area contributed by atoms with E-state index >= 15 is 0 Å². The van der Waals surface area contributed by atoms with E-state index in [1.54, 1.807) is 10.7 Å². The van der Waals surface area contributed by atoms with Gasteiger partial charge in [0.1, 0.15) is 0 Å². The lowest BCUT2D eigenvalue weighted by molar-refractivity contribution is 0.0733. The summed E-state index contributed by atoms with van der Waals surface area (Å²) < 4.78 is 1.76. The molecule has 1 saturated carbocycles. The van der Waals surface area contributed by atoms with Crippen LogP contribution in [-0.2, 0) is 0 Å². The minimum atomic E-state index is 0.0527. The largest absolute Gasteiger partial charge is 0.339 e. The second-order valence-electron chi connectivity index (χ2n) is 5.67. The average molecular weight is 272 g/mol. The fraction of sp³-hybridized carbons (Fsp3) is 0.533. The van der Waals surface area contributed by atoms with Crippen molar-refractivity contribution in [2.45, 2.75) is 45.6 Å². The van der Waals surface area contributed by atoms with E-state index in [9.17, 15) is 4.79 Å². The molecule has 0 radical (unpaired) electrons. The van der Waals surface area contributed by atoms with Gasteiger partial charge in [0.15, 0.2) is 5.65 Å². The fourth-order valence-electron chi connectivity index (χ4n) is 3.02. The molecule has 0 aliphatic heterocycles. The molecule has 0 spiro atoms. The standard InChI is InChI=1S/C15H20N4O/c1-10-8-14-16-9-13(11(2)19(14)17-10)15(20)18(3)12-6-4-5-7-12/h8-9,12H,4-7H2,1-3H3. The molecule has 0 saturated heterocycles. The van der Waals surface area contributed by atoms with Crippen molar-refractivity contribution in [3.63, 3.8) is 0 Å². The molecule has 20 heavy (non-hydrogen) atoms. The van der Waals surface area contributed by atoms with E-state index in [4.69, 9.17) is 0 Å². The van der Waals surface area contributed by atoms with Gasteiger partial charge in [-0.2, -0.15) is 5.10 Å². The number of rotatable bonds is 2. The number of nitrogens with zero attached hydrogens (tertiary/aromatic N) is 4. The van der Waals surface area contributed by atoms with E-state index in [0.29, 0.717) is 11.6 Å². The number of hydrogen-bond acceptors (Lipinski definition) is 3. The zero-order valence-corrected chi connectivity index (χ0v) is 12.3. The fourth-order valence-corrected chi connectivity index (χ4v) is 3.02. The Bertz CT molecular complexity index is 655. The van der Waals surface area contributed by atoms with Crippen molar-refractivity contribution in [3.05, 3.63) is 29.2 Å². The molecule has 106 valence electrons. The van der Waals surface area contributed by atoms with Gasteiger partial charge in [-0.15, -0.1) is 0 Å². The zero-order chi connectivity index (χ0) is 14.3. The van der Waals surface area contributed by atoms with Crippen LogP contribution in [0.3, 0.4) is 0 Å². The third kappa shape index (κ3) is 2.07. The van der Waals surface area contributed by atoms with Gasteiger partial charge in [-0.25, -0.2) is 9.50 Å². The van der Waals surface area contributed by atoms with Crippen molar-refractivity contribution >= 4 is 11.6 Å². The first-order valence-corrected chi connectivity index (χ1v) is 7.17. The Kier molecular flexibility index (Phi) is 3.20. The number of hydrogen-bond donors (Lipinski definition) is 0. The highest BCUT2D eigenvalue weighted by Gasteiger charge is 2.26. The van der Waals surface area contributed by atoms with Gasteiger partial charge in [-0.1, -0.05) is 12.8 Å². The molecule has 0 unspecified atom stereocenters. The highest BCUT2D eigenvalue weighted by molar-refractivity contribution is 5.95. The van der Waals surface area contributed by atoms with E-state index in [1.165, 1.54) is 12.8 Å². The molecule has 2 aromatic rings. The van der Waals surface area contributed by atoms with Gasteiger partial charge in [-0.05, 0) is 26.7 Å². The molecule has 5 nitrogen and oxygen atoms in total. The number of aryl methyl sites for hydroxylation is 2. The van der Waals surface area contributed by atoms with E-state index in [2.05, 4.69) is 10.1 Å². The van der Waals surface area contributed by atoms with Gasteiger partial charge in [0.25, 0.3) is 5.91 Å². The maximum absolute atomic E-state index is 12.6. The van der Waals surface area contributed by atoms with Crippen molar-refractivity contribution in [3.8, 4) is 0 Å². The SMILES string of the molecule is Cc1cc2ncc(C(=O)N(C)C3CCCC3)c(C)n2n1. The van der Waals surface area contributed by atoms with Crippen molar-refractivity contribution in [2.75, 3.05) is 7.05 Å². The van der Waals surface area contributed by atoms with Crippen molar-refractivity contribution in [1.82, 2.24) is 19.5 Å². The predicted octanol–water partition coefficient (Wildman–Crippen LogP) is 2.36. The maximum atomic E-state index is 12.6. The molecule has 2 aromatic heterocycles. The normalized spacial score (nSPS) is 15.9. The first-order chi connectivity index (χ1) is 9.58. The minimum Gasteiger partial charge on any atom is -0.339 e. The lowest BCUT2D eigenvalue weighted by atomic mass is 10.1. The Labute approximate surface area is 118 Å². The van der Waals surface area contributed by atoms with E-state index in [0.717, 1.165) is 29.9 Å². The maximum Gasteiger partial charge on any atom is 0.257 e. The van der Waals surface area contributed by atoms with Gasteiger partial charge < -0.3 is 4.90 Å². The predicted molar refractivity (Wildman–Crippen MR) is 76.8 cm³/mol. The van der Waals surface area contributed by atoms with Gasteiger partial charge in [0, 0.05) is 25.4 Å². The molecule has 1 fully saturated rings. The van der Waals surface area contributed by atoms with Crippen LogP contribution >= 0.6 is 0 Å². The van der Waals surface area contributed by atoms with Crippen LogP contribution in [0.1, 0.15) is 47.4 Å². The first kappa shape index (κ1) is 13.1. The summed E-state index contributed by atoms with van der Waals surface area (Å²) >= 11 is 0. The number of fused-ring (bicyclic) bond motifs is 1. The van der Waals surface area contributed by atoms with Gasteiger partial charge in [0.05, 0.1) is 17.0 Å². The third-order valence-corrected chi connectivity index (χ3v) is 4.27. The quantitative estimate of drug-likeness (QED) is 0.843.